The van der Waals surface area contributed by atoms with Gasteiger partial charge in [0.2, 0.25) is 5.91 Å². The summed E-state index contributed by atoms with van der Waals surface area (Å²) >= 11 is 1.59. The van der Waals surface area contributed by atoms with Crippen LogP contribution in [0.15, 0.2) is 11.4 Å². The Labute approximate surface area is 129 Å². The fraction of sp³-hybridized carbons (Fsp3) is 0.643. The van der Waals surface area contributed by atoms with Gasteiger partial charge in [0, 0.05) is 11.1 Å². The van der Waals surface area contributed by atoms with E-state index in [4.69, 9.17) is 10.9 Å². The molecule has 0 aromatic carbocycles. The standard InChI is InChI=1S/C14H24N4O2S/c1-5-10-8-16-11(21-10)9(4)17-13(19)14(6-2,7-3)12(15)18-20/h8-9,20H,5-7H2,1-4H3,(H2,15,18)(H,17,19). The minimum atomic E-state index is -0.978. The van der Waals surface area contributed by atoms with E-state index in [1.165, 1.54) is 4.88 Å². The Kier molecular flexibility index (Phi) is 6.14. The van der Waals surface area contributed by atoms with Gasteiger partial charge in [-0.15, -0.1) is 11.3 Å². The van der Waals surface area contributed by atoms with Crippen LogP contribution in [0.4, 0.5) is 0 Å². The highest BCUT2D eigenvalue weighted by Gasteiger charge is 2.40. The van der Waals surface area contributed by atoms with Crippen LogP contribution in [-0.2, 0) is 11.2 Å². The molecule has 0 bridgehead atoms. The Hall–Kier alpha value is -1.63. The number of carbonyl (C=O) groups is 1. The van der Waals surface area contributed by atoms with Gasteiger partial charge in [0.05, 0.1) is 6.04 Å². The third-order valence-corrected chi connectivity index (χ3v) is 5.20. The molecule has 4 N–H and O–H groups in total. The van der Waals surface area contributed by atoms with E-state index >= 15 is 0 Å². The summed E-state index contributed by atoms with van der Waals surface area (Å²) in [5.41, 5.74) is 4.76. The lowest BCUT2D eigenvalue weighted by atomic mass is 9.80. The SMILES string of the molecule is CCc1cnc(C(C)NC(=O)C(CC)(CC)C(N)=NO)s1. The first-order chi connectivity index (χ1) is 9.94. The van der Waals surface area contributed by atoms with Crippen molar-refractivity contribution in [2.75, 3.05) is 0 Å². The van der Waals surface area contributed by atoms with Gasteiger partial charge in [-0.3, -0.25) is 4.79 Å². The lowest BCUT2D eigenvalue weighted by molar-refractivity contribution is -0.128. The average Bonchev–Trinajstić information content (AvgIpc) is 2.97. The molecule has 0 aliphatic heterocycles. The molecule has 0 aliphatic rings. The molecule has 0 saturated heterocycles. The van der Waals surface area contributed by atoms with Crippen molar-refractivity contribution < 1.29 is 10.0 Å². The monoisotopic (exact) mass is 312 g/mol. The lowest BCUT2D eigenvalue weighted by Crippen LogP contribution is -2.49. The summed E-state index contributed by atoms with van der Waals surface area (Å²) in [6.07, 6.45) is 3.70. The third kappa shape index (κ3) is 3.53. The van der Waals surface area contributed by atoms with Gasteiger partial charge in [-0.1, -0.05) is 25.9 Å². The van der Waals surface area contributed by atoms with E-state index in [0.29, 0.717) is 12.8 Å². The molecule has 7 heteroatoms. The van der Waals surface area contributed by atoms with Crippen molar-refractivity contribution in [2.24, 2.45) is 16.3 Å². The summed E-state index contributed by atoms with van der Waals surface area (Å²) < 4.78 is 0. The molecule has 0 radical (unpaired) electrons. The van der Waals surface area contributed by atoms with E-state index in [-0.39, 0.29) is 17.8 Å². The molecule has 1 aromatic heterocycles. The van der Waals surface area contributed by atoms with Crippen LogP contribution in [0.5, 0.6) is 0 Å². The van der Waals surface area contributed by atoms with Gasteiger partial charge in [0.1, 0.15) is 10.4 Å². The highest BCUT2D eigenvalue weighted by Crippen LogP contribution is 2.29. The van der Waals surface area contributed by atoms with Gasteiger partial charge in [-0.05, 0) is 26.2 Å². The Morgan fingerprint density at radius 1 is 1.52 bits per heavy atom. The molecule has 1 heterocycles. The Morgan fingerprint density at radius 3 is 2.57 bits per heavy atom. The number of hydrogen-bond acceptors (Lipinski definition) is 5. The summed E-state index contributed by atoms with van der Waals surface area (Å²) in [6.45, 7) is 7.66. The molecular weight excluding hydrogens is 288 g/mol. The van der Waals surface area contributed by atoms with Crippen LogP contribution in [0.2, 0.25) is 0 Å². The first-order valence-electron chi connectivity index (χ1n) is 7.18. The summed E-state index contributed by atoms with van der Waals surface area (Å²) in [5.74, 6) is -0.283. The molecule has 0 fully saturated rings. The maximum Gasteiger partial charge on any atom is 0.234 e. The van der Waals surface area contributed by atoms with Crippen LogP contribution >= 0.6 is 11.3 Å². The number of aromatic nitrogens is 1. The van der Waals surface area contributed by atoms with Crippen LogP contribution in [-0.4, -0.2) is 21.9 Å². The molecule has 1 rings (SSSR count). The van der Waals surface area contributed by atoms with E-state index in [9.17, 15) is 4.79 Å². The number of amidine groups is 1. The van der Waals surface area contributed by atoms with E-state index in [1.54, 1.807) is 11.3 Å². The molecule has 0 spiro atoms. The van der Waals surface area contributed by atoms with Crippen molar-refractivity contribution in [1.82, 2.24) is 10.3 Å². The Morgan fingerprint density at radius 2 is 2.14 bits per heavy atom. The molecule has 1 amide bonds. The molecule has 0 aliphatic carbocycles. The smallest absolute Gasteiger partial charge is 0.234 e. The van der Waals surface area contributed by atoms with Crippen LogP contribution in [0, 0.1) is 5.41 Å². The summed E-state index contributed by atoms with van der Waals surface area (Å²) in [6, 6.07) is -0.202. The zero-order valence-corrected chi connectivity index (χ0v) is 13.8. The Balaban J connectivity index is 2.91. The largest absolute Gasteiger partial charge is 0.409 e. The second-order valence-corrected chi connectivity index (χ2v) is 6.13. The van der Waals surface area contributed by atoms with Crippen molar-refractivity contribution >= 4 is 23.1 Å². The van der Waals surface area contributed by atoms with Crippen molar-refractivity contribution in [3.63, 3.8) is 0 Å². The number of rotatable bonds is 7. The van der Waals surface area contributed by atoms with Crippen LogP contribution < -0.4 is 11.1 Å². The molecule has 1 unspecified atom stereocenters. The molecule has 0 saturated carbocycles. The molecular formula is C14H24N4O2S. The van der Waals surface area contributed by atoms with E-state index in [0.717, 1.165) is 11.4 Å². The normalized spacial score (nSPS) is 14.0. The second kappa shape index (κ2) is 7.40. The summed E-state index contributed by atoms with van der Waals surface area (Å²) in [7, 11) is 0. The third-order valence-electron chi connectivity index (χ3n) is 3.88. The van der Waals surface area contributed by atoms with Crippen LogP contribution in [0.1, 0.15) is 56.5 Å². The van der Waals surface area contributed by atoms with E-state index < -0.39 is 5.41 Å². The zero-order chi connectivity index (χ0) is 16.0. The van der Waals surface area contributed by atoms with Gasteiger partial charge in [-0.25, -0.2) is 4.98 Å². The predicted molar refractivity (Wildman–Crippen MR) is 84.5 cm³/mol. The fourth-order valence-electron chi connectivity index (χ4n) is 2.23. The van der Waals surface area contributed by atoms with Gasteiger partial charge in [0.15, 0.2) is 5.84 Å². The Bertz CT molecular complexity index is 509. The van der Waals surface area contributed by atoms with Gasteiger partial charge < -0.3 is 16.3 Å². The number of nitrogens with two attached hydrogens (primary N) is 1. The lowest BCUT2D eigenvalue weighted by Gasteiger charge is -2.29. The van der Waals surface area contributed by atoms with Crippen LogP contribution in [0.3, 0.4) is 0 Å². The summed E-state index contributed by atoms with van der Waals surface area (Å²) in [5, 5.41) is 15.8. The zero-order valence-electron chi connectivity index (χ0n) is 13.0. The number of thiazole rings is 1. The quantitative estimate of drug-likeness (QED) is 0.311. The van der Waals surface area contributed by atoms with Crippen molar-refractivity contribution in [3.05, 3.63) is 16.1 Å². The maximum atomic E-state index is 12.6. The topological polar surface area (TPSA) is 101 Å². The second-order valence-electron chi connectivity index (χ2n) is 4.99. The number of hydrogen-bond donors (Lipinski definition) is 3. The highest BCUT2D eigenvalue weighted by molar-refractivity contribution is 7.11. The number of amides is 1. The maximum absolute atomic E-state index is 12.6. The van der Waals surface area contributed by atoms with E-state index in [1.807, 2.05) is 27.0 Å². The number of nitrogens with zero attached hydrogens (tertiary/aromatic N) is 2. The minimum Gasteiger partial charge on any atom is -0.409 e. The molecule has 1 atom stereocenters. The molecule has 6 nitrogen and oxygen atoms in total. The highest BCUT2D eigenvalue weighted by atomic mass is 32.1. The van der Waals surface area contributed by atoms with Gasteiger partial charge >= 0.3 is 0 Å². The number of oxime groups is 1. The first-order valence-corrected chi connectivity index (χ1v) is 8.00. The molecule has 1 aromatic rings. The molecule has 21 heavy (non-hydrogen) atoms. The first kappa shape index (κ1) is 17.4. The van der Waals surface area contributed by atoms with Crippen molar-refractivity contribution in [1.29, 1.82) is 0 Å². The number of aryl methyl sites for hydroxylation is 1. The van der Waals surface area contributed by atoms with Crippen molar-refractivity contribution in [2.45, 2.75) is 53.0 Å². The predicted octanol–water partition coefficient (Wildman–Crippen LogP) is 2.44. The number of carbonyl (C=O) groups excluding carboxylic acids is 1. The minimum absolute atomic E-state index is 0.0504. The van der Waals surface area contributed by atoms with Crippen LogP contribution in [0.25, 0.3) is 0 Å². The van der Waals surface area contributed by atoms with E-state index in [2.05, 4.69) is 22.4 Å². The molecule has 118 valence electrons. The van der Waals surface area contributed by atoms with Gasteiger partial charge in [0.25, 0.3) is 0 Å². The fourth-order valence-corrected chi connectivity index (χ4v) is 3.09. The number of nitrogens with one attached hydrogen (secondary N) is 1. The average molecular weight is 312 g/mol. The summed E-state index contributed by atoms with van der Waals surface area (Å²) in [4.78, 5) is 18.1. The van der Waals surface area contributed by atoms with Crippen molar-refractivity contribution in [3.8, 4) is 0 Å². The van der Waals surface area contributed by atoms with Gasteiger partial charge in [-0.2, -0.15) is 0 Å².